The SMILES string of the molecule is CCn1c(-c2cc(NC(=O)c3ccc(C#N)cc3)n[nH]2)cc2cc(OC)ccc21. The maximum atomic E-state index is 12.4. The number of amides is 1. The van der Waals surface area contributed by atoms with Gasteiger partial charge >= 0.3 is 0 Å². The summed E-state index contributed by atoms with van der Waals surface area (Å²) in [4.78, 5) is 12.4. The number of fused-ring (bicyclic) bond motifs is 1. The van der Waals surface area contributed by atoms with Crippen molar-refractivity contribution in [2.45, 2.75) is 13.5 Å². The Morgan fingerprint density at radius 2 is 2.00 bits per heavy atom. The molecule has 4 rings (SSSR count). The van der Waals surface area contributed by atoms with E-state index in [0.717, 1.165) is 34.6 Å². The van der Waals surface area contributed by atoms with Crippen molar-refractivity contribution in [1.82, 2.24) is 14.8 Å². The second-order valence-corrected chi connectivity index (χ2v) is 6.51. The predicted molar refractivity (Wildman–Crippen MR) is 111 cm³/mol. The second kappa shape index (κ2) is 7.52. The number of aromatic amines is 1. The van der Waals surface area contributed by atoms with Gasteiger partial charge in [-0.05, 0) is 55.5 Å². The van der Waals surface area contributed by atoms with E-state index < -0.39 is 0 Å². The third-order valence-corrected chi connectivity index (χ3v) is 4.80. The second-order valence-electron chi connectivity index (χ2n) is 6.51. The molecule has 0 aliphatic rings. The van der Waals surface area contributed by atoms with E-state index in [4.69, 9.17) is 10.00 Å². The molecule has 0 bridgehead atoms. The van der Waals surface area contributed by atoms with Crippen molar-refractivity contribution in [1.29, 1.82) is 5.26 Å². The van der Waals surface area contributed by atoms with Crippen LogP contribution in [-0.4, -0.2) is 27.8 Å². The van der Waals surface area contributed by atoms with Crippen molar-refractivity contribution >= 4 is 22.6 Å². The van der Waals surface area contributed by atoms with E-state index in [1.165, 1.54) is 0 Å². The summed E-state index contributed by atoms with van der Waals surface area (Å²) < 4.78 is 7.50. The zero-order chi connectivity index (χ0) is 20.4. The van der Waals surface area contributed by atoms with Crippen LogP contribution in [0.3, 0.4) is 0 Å². The van der Waals surface area contributed by atoms with Crippen molar-refractivity contribution in [2.24, 2.45) is 0 Å². The lowest BCUT2D eigenvalue weighted by molar-refractivity contribution is 0.102. The normalized spacial score (nSPS) is 10.7. The van der Waals surface area contributed by atoms with Crippen LogP contribution in [0.4, 0.5) is 5.82 Å². The molecule has 0 saturated carbocycles. The average Bonchev–Trinajstić information content (AvgIpc) is 3.37. The Bertz CT molecular complexity index is 1230. The van der Waals surface area contributed by atoms with Gasteiger partial charge < -0.3 is 14.6 Å². The van der Waals surface area contributed by atoms with Gasteiger partial charge in [0.25, 0.3) is 5.91 Å². The summed E-state index contributed by atoms with van der Waals surface area (Å²) in [5.41, 5.74) is 3.84. The Kier molecular flexibility index (Phi) is 4.75. The number of carbonyl (C=O) groups excluding carboxylic acids is 1. The van der Waals surface area contributed by atoms with Crippen LogP contribution < -0.4 is 10.1 Å². The molecule has 2 heterocycles. The van der Waals surface area contributed by atoms with Crippen molar-refractivity contribution in [2.75, 3.05) is 12.4 Å². The molecule has 7 nitrogen and oxygen atoms in total. The number of nitriles is 1. The summed E-state index contributed by atoms with van der Waals surface area (Å²) in [6.45, 7) is 2.87. The van der Waals surface area contributed by atoms with E-state index in [2.05, 4.69) is 33.1 Å². The lowest BCUT2D eigenvalue weighted by Crippen LogP contribution is -2.11. The minimum Gasteiger partial charge on any atom is -0.497 e. The lowest BCUT2D eigenvalue weighted by atomic mass is 10.1. The lowest BCUT2D eigenvalue weighted by Gasteiger charge is -2.06. The molecule has 1 amide bonds. The van der Waals surface area contributed by atoms with Crippen LogP contribution in [0.2, 0.25) is 0 Å². The molecular weight excluding hydrogens is 366 g/mol. The summed E-state index contributed by atoms with van der Waals surface area (Å²) in [6, 6.07) is 18.3. The Morgan fingerprint density at radius 1 is 1.21 bits per heavy atom. The zero-order valence-electron chi connectivity index (χ0n) is 16.1. The molecule has 0 saturated heterocycles. The highest BCUT2D eigenvalue weighted by Gasteiger charge is 2.14. The fourth-order valence-corrected chi connectivity index (χ4v) is 3.34. The first-order chi connectivity index (χ1) is 14.1. The number of carbonyl (C=O) groups is 1. The monoisotopic (exact) mass is 385 g/mol. The Balaban J connectivity index is 1.61. The molecule has 144 valence electrons. The highest BCUT2D eigenvalue weighted by Crippen LogP contribution is 2.30. The summed E-state index contributed by atoms with van der Waals surface area (Å²) in [6.07, 6.45) is 0. The Hall–Kier alpha value is -4.05. The van der Waals surface area contributed by atoms with Crippen molar-refractivity contribution in [3.8, 4) is 23.2 Å². The molecule has 4 aromatic rings. The Labute approximate surface area is 167 Å². The van der Waals surface area contributed by atoms with E-state index in [0.29, 0.717) is 16.9 Å². The summed E-state index contributed by atoms with van der Waals surface area (Å²) in [7, 11) is 1.65. The van der Waals surface area contributed by atoms with Gasteiger partial charge in [-0.15, -0.1) is 0 Å². The van der Waals surface area contributed by atoms with Gasteiger partial charge in [0.1, 0.15) is 5.75 Å². The number of nitrogens with one attached hydrogen (secondary N) is 2. The molecule has 2 aromatic heterocycles. The van der Waals surface area contributed by atoms with Gasteiger partial charge in [0.2, 0.25) is 0 Å². The standard InChI is InChI=1S/C22H19N5O2/c1-3-27-19-9-8-17(29-2)10-16(19)11-20(27)18-12-21(26-25-18)24-22(28)15-6-4-14(13-23)5-7-15/h4-12H,3H2,1-2H3,(H2,24,25,26,28). The number of anilines is 1. The number of aromatic nitrogens is 3. The molecular formula is C22H19N5O2. The molecule has 2 aromatic carbocycles. The quantitative estimate of drug-likeness (QED) is 0.539. The molecule has 0 radical (unpaired) electrons. The van der Waals surface area contributed by atoms with Gasteiger partial charge in [-0.1, -0.05) is 0 Å². The van der Waals surface area contributed by atoms with E-state index in [9.17, 15) is 4.79 Å². The number of H-pyrrole nitrogens is 1. The molecule has 0 aliphatic heterocycles. The maximum absolute atomic E-state index is 12.4. The third-order valence-electron chi connectivity index (χ3n) is 4.80. The smallest absolute Gasteiger partial charge is 0.256 e. The van der Waals surface area contributed by atoms with Crippen molar-refractivity contribution < 1.29 is 9.53 Å². The van der Waals surface area contributed by atoms with Gasteiger partial charge in [0.05, 0.1) is 30.1 Å². The molecule has 0 spiro atoms. The first-order valence-corrected chi connectivity index (χ1v) is 9.17. The van der Waals surface area contributed by atoms with Gasteiger partial charge in [0.15, 0.2) is 5.82 Å². The largest absolute Gasteiger partial charge is 0.497 e. The van der Waals surface area contributed by atoms with Gasteiger partial charge in [-0.25, -0.2) is 0 Å². The van der Waals surface area contributed by atoms with Crippen LogP contribution in [0.1, 0.15) is 22.8 Å². The molecule has 0 atom stereocenters. The minimum atomic E-state index is -0.284. The number of hydrogen-bond donors (Lipinski definition) is 2. The number of hydrogen-bond acceptors (Lipinski definition) is 4. The molecule has 7 heteroatoms. The number of methoxy groups -OCH3 is 1. The van der Waals surface area contributed by atoms with E-state index in [-0.39, 0.29) is 5.91 Å². The van der Waals surface area contributed by atoms with Gasteiger partial charge in [-0.3, -0.25) is 9.89 Å². The van der Waals surface area contributed by atoms with Gasteiger partial charge in [0, 0.05) is 29.1 Å². The molecule has 29 heavy (non-hydrogen) atoms. The number of benzene rings is 2. The third kappa shape index (κ3) is 3.44. The first kappa shape index (κ1) is 18.3. The van der Waals surface area contributed by atoms with Crippen LogP contribution in [0.15, 0.2) is 54.6 Å². The molecule has 0 unspecified atom stereocenters. The highest BCUT2D eigenvalue weighted by atomic mass is 16.5. The highest BCUT2D eigenvalue weighted by molar-refractivity contribution is 6.04. The summed E-state index contributed by atoms with van der Waals surface area (Å²) in [5.74, 6) is 0.949. The molecule has 0 fully saturated rings. The predicted octanol–water partition coefficient (Wildman–Crippen LogP) is 4.18. The van der Waals surface area contributed by atoms with E-state index in [1.54, 1.807) is 37.4 Å². The summed E-state index contributed by atoms with van der Waals surface area (Å²) >= 11 is 0. The van der Waals surface area contributed by atoms with Crippen LogP contribution in [0.25, 0.3) is 22.3 Å². The first-order valence-electron chi connectivity index (χ1n) is 9.17. The summed E-state index contributed by atoms with van der Waals surface area (Å²) in [5, 5.41) is 19.9. The van der Waals surface area contributed by atoms with Crippen LogP contribution in [0, 0.1) is 11.3 Å². The number of ether oxygens (including phenoxy) is 1. The zero-order valence-corrected chi connectivity index (χ0v) is 16.1. The van der Waals surface area contributed by atoms with Crippen LogP contribution >= 0.6 is 0 Å². The van der Waals surface area contributed by atoms with Crippen LogP contribution in [0.5, 0.6) is 5.75 Å². The minimum absolute atomic E-state index is 0.284. The van der Waals surface area contributed by atoms with E-state index >= 15 is 0 Å². The topological polar surface area (TPSA) is 95.7 Å². The molecule has 2 N–H and O–H groups in total. The number of rotatable bonds is 5. The molecule has 0 aliphatic carbocycles. The van der Waals surface area contributed by atoms with E-state index in [1.807, 2.05) is 24.3 Å². The fraction of sp³-hybridized carbons (Fsp3) is 0.136. The maximum Gasteiger partial charge on any atom is 0.256 e. The fourth-order valence-electron chi connectivity index (χ4n) is 3.34. The van der Waals surface area contributed by atoms with Crippen molar-refractivity contribution in [3.05, 3.63) is 65.7 Å². The Morgan fingerprint density at radius 3 is 2.69 bits per heavy atom. The average molecular weight is 385 g/mol. The van der Waals surface area contributed by atoms with Crippen molar-refractivity contribution in [3.63, 3.8) is 0 Å². The van der Waals surface area contributed by atoms with Crippen LogP contribution in [-0.2, 0) is 6.54 Å². The number of nitrogens with zero attached hydrogens (tertiary/aromatic N) is 3. The number of aryl methyl sites for hydroxylation is 1. The van der Waals surface area contributed by atoms with Gasteiger partial charge in [-0.2, -0.15) is 10.4 Å².